The van der Waals surface area contributed by atoms with Gasteiger partial charge in [0.25, 0.3) is 0 Å². The van der Waals surface area contributed by atoms with Crippen LogP contribution < -0.4 is 5.32 Å². The average Bonchev–Trinajstić information content (AvgIpc) is 2.49. The van der Waals surface area contributed by atoms with Crippen LogP contribution in [0.1, 0.15) is 33.1 Å². The number of nitrogens with one attached hydrogen (secondary N) is 1. The van der Waals surface area contributed by atoms with E-state index in [0.29, 0.717) is 19.5 Å². The van der Waals surface area contributed by atoms with Gasteiger partial charge >= 0.3 is 0 Å². The van der Waals surface area contributed by atoms with Gasteiger partial charge in [0.1, 0.15) is 0 Å². The van der Waals surface area contributed by atoms with Crippen LogP contribution in [0.15, 0.2) is 12.7 Å². The Morgan fingerprint density at radius 2 is 2.19 bits per heavy atom. The first kappa shape index (κ1) is 17.2. The summed E-state index contributed by atoms with van der Waals surface area (Å²) in [5, 5.41) is 2.78. The highest BCUT2D eigenvalue weighted by molar-refractivity contribution is 5.90. The third kappa shape index (κ3) is 5.21. The van der Waals surface area contributed by atoms with Crippen LogP contribution in [0.3, 0.4) is 0 Å². The van der Waals surface area contributed by atoms with Crippen LogP contribution in [-0.2, 0) is 14.4 Å². The molecule has 21 heavy (non-hydrogen) atoms. The summed E-state index contributed by atoms with van der Waals surface area (Å²) in [6.45, 7) is 8.78. The second kappa shape index (κ2) is 8.44. The van der Waals surface area contributed by atoms with Gasteiger partial charge in [-0.1, -0.05) is 6.58 Å². The fourth-order valence-electron chi connectivity index (χ4n) is 2.37. The molecule has 0 bridgehead atoms. The Labute approximate surface area is 126 Å². The first-order valence-corrected chi connectivity index (χ1v) is 7.47. The Kier molecular flexibility index (Phi) is 6.91. The molecule has 0 saturated carbocycles. The minimum Gasteiger partial charge on any atom is -0.353 e. The third-order valence-electron chi connectivity index (χ3n) is 3.69. The Morgan fingerprint density at radius 1 is 1.48 bits per heavy atom. The number of carbonyl (C=O) groups excluding carboxylic acids is 3. The molecule has 1 saturated heterocycles. The van der Waals surface area contributed by atoms with Crippen molar-refractivity contribution < 1.29 is 14.4 Å². The Bertz CT molecular complexity index is 409. The van der Waals surface area contributed by atoms with Crippen LogP contribution in [-0.4, -0.2) is 59.7 Å². The summed E-state index contributed by atoms with van der Waals surface area (Å²) in [6.07, 6.45) is 3.76. The fraction of sp³-hybridized carbons (Fsp3) is 0.667. The van der Waals surface area contributed by atoms with Gasteiger partial charge < -0.3 is 15.1 Å². The average molecular weight is 295 g/mol. The summed E-state index contributed by atoms with van der Waals surface area (Å²) < 4.78 is 0. The summed E-state index contributed by atoms with van der Waals surface area (Å²) in [4.78, 5) is 38.4. The highest BCUT2D eigenvalue weighted by Crippen LogP contribution is 2.13. The van der Waals surface area contributed by atoms with Gasteiger partial charge in [-0.05, 0) is 32.8 Å². The molecule has 3 amide bonds. The molecule has 0 spiro atoms. The molecule has 1 unspecified atom stereocenters. The highest BCUT2D eigenvalue weighted by atomic mass is 16.2. The molecule has 0 aromatic carbocycles. The zero-order valence-corrected chi connectivity index (χ0v) is 12.9. The molecule has 0 radical (unpaired) electrons. The molecule has 0 aromatic heterocycles. The Morgan fingerprint density at radius 3 is 2.76 bits per heavy atom. The Hall–Kier alpha value is -1.85. The van der Waals surface area contributed by atoms with Crippen LogP contribution in [0.4, 0.5) is 0 Å². The van der Waals surface area contributed by atoms with Gasteiger partial charge in [-0.25, -0.2) is 0 Å². The van der Waals surface area contributed by atoms with Crippen molar-refractivity contribution in [2.75, 3.05) is 26.2 Å². The SMILES string of the molecule is C=CC(=O)N(CC)CC(=O)NCC(C)N1CCCCC1=O. The number of piperidine rings is 1. The molecular weight excluding hydrogens is 270 g/mol. The van der Waals surface area contributed by atoms with Gasteiger partial charge in [-0.2, -0.15) is 0 Å². The van der Waals surface area contributed by atoms with E-state index in [4.69, 9.17) is 0 Å². The van der Waals surface area contributed by atoms with E-state index >= 15 is 0 Å². The molecule has 6 heteroatoms. The number of hydrogen-bond acceptors (Lipinski definition) is 3. The maximum Gasteiger partial charge on any atom is 0.246 e. The van der Waals surface area contributed by atoms with Crippen LogP contribution in [0.2, 0.25) is 0 Å². The first-order chi connectivity index (χ1) is 9.99. The molecule has 1 aliphatic rings. The lowest BCUT2D eigenvalue weighted by Crippen LogP contribution is -2.49. The van der Waals surface area contributed by atoms with Crippen molar-refractivity contribution in [2.45, 2.75) is 39.2 Å². The van der Waals surface area contributed by atoms with Crippen LogP contribution in [0, 0.1) is 0 Å². The largest absolute Gasteiger partial charge is 0.353 e. The standard InChI is InChI=1S/C15H25N3O3/c1-4-14(20)17(5-2)11-13(19)16-10-12(3)18-9-7-6-8-15(18)21/h4,12H,1,5-11H2,2-3H3,(H,16,19). The fourth-order valence-corrected chi connectivity index (χ4v) is 2.37. The summed E-state index contributed by atoms with van der Waals surface area (Å²) in [6, 6.07) is -0.0214. The van der Waals surface area contributed by atoms with Crippen molar-refractivity contribution in [1.29, 1.82) is 0 Å². The van der Waals surface area contributed by atoms with Gasteiger partial charge in [0.15, 0.2) is 0 Å². The molecule has 1 atom stereocenters. The minimum absolute atomic E-state index is 0.0159. The molecule has 1 rings (SSSR count). The minimum atomic E-state index is -0.257. The van der Waals surface area contributed by atoms with E-state index in [1.54, 1.807) is 0 Å². The van der Waals surface area contributed by atoms with E-state index < -0.39 is 0 Å². The summed E-state index contributed by atoms with van der Waals surface area (Å²) >= 11 is 0. The van der Waals surface area contributed by atoms with Gasteiger partial charge in [-0.3, -0.25) is 14.4 Å². The zero-order chi connectivity index (χ0) is 15.8. The van der Waals surface area contributed by atoms with Crippen molar-refractivity contribution in [3.05, 3.63) is 12.7 Å². The predicted octanol–water partition coefficient (Wildman–Crippen LogP) is 0.538. The maximum atomic E-state index is 11.9. The molecule has 118 valence electrons. The predicted molar refractivity (Wildman–Crippen MR) is 80.5 cm³/mol. The van der Waals surface area contributed by atoms with E-state index in [0.717, 1.165) is 19.4 Å². The van der Waals surface area contributed by atoms with E-state index in [1.165, 1.54) is 11.0 Å². The van der Waals surface area contributed by atoms with Gasteiger partial charge in [0.05, 0.1) is 6.54 Å². The molecule has 1 aliphatic heterocycles. The van der Waals surface area contributed by atoms with Gasteiger partial charge in [0, 0.05) is 32.1 Å². The molecule has 0 aromatic rings. The van der Waals surface area contributed by atoms with Crippen LogP contribution >= 0.6 is 0 Å². The molecule has 0 aliphatic carbocycles. The smallest absolute Gasteiger partial charge is 0.246 e. The normalized spacial score (nSPS) is 16.3. The highest BCUT2D eigenvalue weighted by Gasteiger charge is 2.23. The summed E-state index contributed by atoms with van der Waals surface area (Å²) in [5.74, 6) is -0.324. The first-order valence-electron chi connectivity index (χ1n) is 7.47. The summed E-state index contributed by atoms with van der Waals surface area (Å²) in [7, 11) is 0. The van der Waals surface area contributed by atoms with Crippen molar-refractivity contribution in [3.8, 4) is 0 Å². The Balaban J connectivity index is 2.39. The quantitative estimate of drug-likeness (QED) is 0.697. The summed E-state index contributed by atoms with van der Waals surface area (Å²) in [5.41, 5.74) is 0. The number of rotatable bonds is 7. The number of nitrogens with zero attached hydrogens (tertiary/aromatic N) is 2. The van der Waals surface area contributed by atoms with Crippen LogP contribution in [0.5, 0.6) is 0 Å². The second-order valence-corrected chi connectivity index (χ2v) is 5.25. The number of amides is 3. The van der Waals surface area contributed by atoms with E-state index in [9.17, 15) is 14.4 Å². The second-order valence-electron chi connectivity index (χ2n) is 5.25. The monoisotopic (exact) mass is 295 g/mol. The maximum absolute atomic E-state index is 11.9. The van der Waals surface area contributed by atoms with E-state index in [1.807, 2.05) is 18.7 Å². The molecule has 6 nitrogen and oxygen atoms in total. The number of hydrogen-bond donors (Lipinski definition) is 1. The van der Waals surface area contributed by atoms with E-state index in [2.05, 4.69) is 11.9 Å². The van der Waals surface area contributed by atoms with E-state index in [-0.39, 0.29) is 30.3 Å². The van der Waals surface area contributed by atoms with Crippen molar-refractivity contribution in [3.63, 3.8) is 0 Å². The molecule has 1 heterocycles. The lowest BCUT2D eigenvalue weighted by Gasteiger charge is -2.32. The third-order valence-corrected chi connectivity index (χ3v) is 3.69. The number of likely N-dealkylation sites (tertiary alicyclic amines) is 1. The number of likely N-dealkylation sites (N-methyl/N-ethyl adjacent to an activating group) is 1. The van der Waals surface area contributed by atoms with Crippen molar-refractivity contribution >= 4 is 17.7 Å². The lowest BCUT2D eigenvalue weighted by atomic mass is 10.1. The molecule has 1 N–H and O–H groups in total. The lowest BCUT2D eigenvalue weighted by molar-refractivity contribution is -0.136. The number of carbonyl (C=O) groups is 3. The van der Waals surface area contributed by atoms with Crippen molar-refractivity contribution in [1.82, 2.24) is 15.1 Å². The van der Waals surface area contributed by atoms with Gasteiger partial charge in [-0.15, -0.1) is 0 Å². The van der Waals surface area contributed by atoms with Crippen LogP contribution in [0.25, 0.3) is 0 Å². The molecular formula is C15H25N3O3. The zero-order valence-electron chi connectivity index (χ0n) is 12.9. The van der Waals surface area contributed by atoms with Gasteiger partial charge in [0.2, 0.25) is 17.7 Å². The van der Waals surface area contributed by atoms with Crippen molar-refractivity contribution in [2.24, 2.45) is 0 Å². The molecule has 1 fully saturated rings. The topological polar surface area (TPSA) is 69.7 Å².